The molecule has 7 nitrogen and oxygen atoms in total. The lowest BCUT2D eigenvalue weighted by Gasteiger charge is -2.04. The lowest BCUT2D eigenvalue weighted by Crippen LogP contribution is -2.25. The maximum Gasteiger partial charge on any atom is 0.355 e. The molecule has 0 spiro atoms. The van der Waals surface area contributed by atoms with Gasteiger partial charge in [-0.1, -0.05) is 23.2 Å². The summed E-state index contributed by atoms with van der Waals surface area (Å²) in [6.45, 7) is -6.60. The Hall–Kier alpha value is -2.00. The Morgan fingerprint density at radius 1 is 1.43 bits per heavy atom. The largest absolute Gasteiger partial charge is 0.355 e. The molecule has 0 aliphatic heterocycles. The van der Waals surface area contributed by atoms with E-state index in [2.05, 4.69) is 5.10 Å². The van der Waals surface area contributed by atoms with Crippen LogP contribution in [0.5, 0.6) is 0 Å². The van der Waals surface area contributed by atoms with Crippen molar-refractivity contribution in [2.75, 3.05) is 0 Å². The number of nitrogens with zero attached hydrogens (tertiary/aromatic N) is 4. The van der Waals surface area contributed by atoms with E-state index in [0.717, 1.165) is 12.1 Å². The summed E-state index contributed by atoms with van der Waals surface area (Å²) in [5, 5.41) is 13.6. The van der Waals surface area contributed by atoms with Gasteiger partial charge in [0.05, 0.1) is 15.6 Å². The second-order valence-electron chi connectivity index (χ2n) is 3.68. The third-order valence-electron chi connectivity index (χ3n) is 2.45. The van der Waals surface area contributed by atoms with Gasteiger partial charge in [0.1, 0.15) is 10.8 Å². The molecule has 0 unspecified atom stereocenters. The fourth-order valence-corrected chi connectivity index (χ4v) is 2.07. The quantitative estimate of drug-likeness (QED) is 0.634. The minimum absolute atomic E-state index is 0.250. The van der Waals surface area contributed by atoms with Gasteiger partial charge in [0.15, 0.2) is 0 Å². The number of rotatable bonds is 3. The molecule has 11 heteroatoms. The molecule has 0 amide bonds. The summed E-state index contributed by atoms with van der Waals surface area (Å²) >= 11 is 11.5. The Balaban J connectivity index is 2.82. The van der Waals surface area contributed by atoms with Gasteiger partial charge < -0.3 is 0 Å². The minimum atomic E-state index is -3.48. The van der Waals surface area contributed by atoms with Crippen LogP contribution in [0.2, 0.25) is 10.0 Å². The van der Waals surface area contributed by atoms with E-state index >= 15 is 0 Å². The molecular formula is C10H6Cl2F2N4O3. The molecule has 0 radical (unpaired) electrons. The van der Waals surface area contributed by atoms with Gasteiger partial charge in [-0.15, -0.1) is 5.10 Å². The number of nitro benzene ring substituents is 1. The summed E-state index contributed by atoms with van der Waals surface area (Å²) in [5.74, 6) is -1.18. The standard InChI is InChI=1S/C10H6Cl2F2N4O3/c1-4-15-17(10(19)16(4)9(13)14)7-3-8(18(20)21)6(12)2-5(7)11/h2-3,9H,1H3/i1D3. The Morgan fingerprint density at radius 2 is 2.10 bits per heavy atom. The van der Waals surface area contributed by atoms with Gasteiger partial charge in [0.25, 0.3) is 5.69 Å². The molecule has 0 saturated heterocycles. The summed E-state index contributed by atoms with van der Waals surface area (Å²) in [6.07, 6.45) is 0. The summed E-state index contributed by atoms with van der Waals surface area (Å²) in [5.41, 5.74) is -2.64. The molecule has 1 aromatic carbocycles. The Bertz CT molecular complexity index is 881. The van der Waals surface area contributed by atoms with Crippen LogP contribution in [0.1, 0.15) is 16.5 Å². The molecule has 0 N–H and O–H groups in total. The maximum absolute atomic E-state index is 13.0. The molecular weight excluding hydrogens is 333 g/mol. The average molecular weight is 342 g/mol. The smallest absolute Gasteiger partial charge is 0.258 e. The molecule has 0 aliphatic carbocycles. The number of aromatic nitrogens is 3. The van der Waals surface area contributed by atoms with Gasteiger partial charge in [-0.2, -0.15) is 13.5 Å². The third-order valence-corrected chi connectivity index (χ3v) is 3.05. The lowest BCUT2D eigenvalue weighted by molar-refractivity contribution is -0.384. The Labute approximate surface area is 129 Å². The molecule has 1 heterocycles. The highest BCUT2D eigenvalue weighted by atomic mass is 35.5. The van der Waals surface area contributed by atoms with E-state index in [4.69, 9.17) is 27.3 Å². The van der Waals surface area contributed by atoms with Crippen molar-refractivity contribution in [3.63, 3.8) is 0 Å². The molecule has 0 saturated carbocycles. The van der Waals surface area contributed by atoms with Gasteiger partial charge in [-0.3, -0.25) is 10.1 Å². The summed E-state index contributed by atoms with van der Waals surface area (Å²) in [4.78, 5) is 22.1. The van der Waals surface area contributed by atoms with Crippen LogP contribution in [-0.4, -0.2) is 19.3 Å². The van der Waals surface area contributed by atoms with Gasteiger partial charge in [0, 0.05) is 10.2 Å². The second-order valence-corrected chi connectivity index (χ2v) is 4.49. The molecule has 2 aromatic rings. The van der Waals surface area contributed by atoms with Crippen molar-refractivity contribution in [3.8, 4) is 5.69 Å². The van der Waals surface area contributed by atoms with Gasteiger partial charge in [-0.25, -0.2) is 9.36 Å². The molecule has 0 aliphatic rings. The van der Waals surface area contributed by atoms with E-state index < -0.39 is 41.2 Å². The normalized spacial score (nSPS) is 13.9. The number of benzene rings is 1. The van der Waals surface area contributed by atoms with E-state index in [1.807, 2.05) is 0 Å². The van der Waals surface area contributed by atoms with Gasteiger partial charge >= 0.3 is 12.2 Å². The monoisotopic (exact) mass is 341 g/mol. The van der Waals surface area contributed by atoms with Crippen LogP contribution in [0.4, 0.5) is 14.5 Å². The number of alkyl halides is 2. The van der Waals surface area contributed by atoms with E-state index in [0.29, 0.717) is 0 Å². The predicted octanol–water partition coefficient (Wildman–Crippen LogP) is 2.95. The van der Waals surface area contributed by atoms with E-state index in [1.165, 1.54) is 0 Å². The number of halogens is 4. The highest BCUT2D eigenvalue weighted by molar-refractivity contribution is 6.37. The van der Waals surface area contributed by atoms with Crippen molar-refractivity contribution in [1.29, 1.82) is 0 Å². The first-order valence-electron chi connectivity index (χ1n) is 6.59. The van der Waals surface area contributed by atoms with E-state index in [1.54, 1.807) is 0 Å². The van der Waals surface area contributed by atoms with Gasteiger partial charge in [-0.05, 0) is 12.9 Å². The van der Waals surface area contributed by atoms with Crippen LogP contribution in [0.3, 0.4) is 0 Å². The second kappa shape index (κ2) is 5.41. The fourth-order valence-electron chi connectivity index (χ4n) is 1.54. The van der Waals surface area contributed by atoms with Crippen molar-refractivity contribution in [2.45, 2.75) is 13.4 Å². The summed E-state index contributed by atoms with van der Waals surface area (Å²) in [7, 11) is 0. The van der Waals surface area contributed by atoms with Crippen molar-refractivity contribution in [1.82, 2.24) is 14.3 Å². The van der Waals surface area contributed by atoms with Crippen LogP contribution in [0.15, 0.2) is 16.9 Å². The van der Waals surface area contributed by atoms with Crippen LogP contribution >= 0.6 is 23.2 Å². The maximum atomic E-state index is 13.0. The molecule has 0 atom stereocenters. The zero-order chi connectivity index (χ0) is 18.4. The van der Waals surface area contributed by atoms with Crippen LogP contribution in [0.25, 0.3) is 5.69 Å². The zero-order valence-electron chi connectivity index (χ0n) is 12.8. The molecule has 2 rings (SSSR count). The fraction of sp³-hybridized carbons (Fsp3) is 0.200. The highest BCUT2D eigenvalue weighted by Gasteiger charge is 2.23. The first-order chi connectivity index (χ1) is 10.9. The first-order valence-corrected chi connectivity index (χ1v) is 5.84. The lowest BCUT2D eigenvalue weighted by atomic mass is 10.3. The zero-order valence-corrected chi connectivity index (χ0v) is 11.3. The van der Waals surface area contributed by atoms with Crippen LogP contribution in [-0.2, 0) is 0 Å². The predicted molar refractivity (Wildman–Crippen MR) is 70.5 cm³/mol. The number of hydrogen-bond donors (Lipinski definition) is 0. The van der Waals surface area contributed by atoms with Crippen LogP contribution < -0.4 is 5.69 Å². The molecule has 21 heavy (non-hydrogen) atoms. The van der Waals surface area contributed by atoms with Crippen LogP contribution in [0, 0.1) is 17.0 Å². The molecule has 112 valence electrons. The number of hydrogen-bond acceptors (Lipinski definition) is 4. The van der Waals surface area contributed by atoms with Crippen molar-refractivity contribution < 1.29 is 17.8 Å². The van der Waals surface area contributed by atoms with Crippen molar-refractivity contribution >= 4 is 28.9 Å². The van der Waals surface area contributed by atoms with E-state index in [-0.39, 0.29) is 19.3 Å². The minimum Gasteiger partial charge on any atom is -0.258 e. The van der Waals surface area contributed by atoms with Gasteiger partial charge in [0.2, 0.25) is 0 Å². The number of nitro groups is 1. The Morgan fingerprint density at radius 3 is 2.57 bits per heavy atom. The van der Waals surface area contributed by atoms with E-state index in [9.17, 15) is 23.7 Å². The molecule has 0 bridgehead atoms. The molecule has 0 fully saturated rings. The van der Waals surface area contributed by atoms with Crippen molar-refractivity contribution in [2.24, 2.45) is 0 Å². The third kappa shape index (κ3) is 2.61. The number of aryl methyl sites for hydroxylation is 1. The SMILES string of the molecule is [2H]C([2H])([2H])c1nn(-c2cc([N+](=O)[O-])c(Cl)cc2Cl)c(=O)n1C(F)F. The Kier molecular flexibility index (Phi) is 3.00. The molecule has 1 aromatic heterocycles. The summed E-state index contributed by atoms with van der Waals surface area (Å²) < 4.78 is 47.5. The highest BCUT2D eigenvalue weighted by Crippen LogP contribution is 2.32. The summed E-state index contributed by atoms with van der Waals surface area (Å²) in [6, 6.07) is 1.65. The van der Waals surface area contributed by atoms with Crippen molar-refractivity contribution in [3.05, 3.63) is 48.6 Å². The topological polar surface area (TPSA) is 83.0 Å². The first kappa shape index (κ1) is 11.6. The average Bonchev–Trinajstić information content (AvgIpc) is 2.76.